The van der Waals surface area contributed by atoms with Crippen molar-refractivity contribution in [2.24, 2.45) is 0 Å². The zero-order valence-electron chi connectivity index (χ0n) is 17.0. The molecule has 7 heteroatoms. The minimum Gasteiger partial charge on any atom is -0.493 e. The molecule has 2 heterocycles. The molecule has 1 aromatic carbocycles. The normalized spacial score (nSPS) is 11.0. The Labute approximate surface area is 169 Å². The molecule has 0 fully saturated rings. The van der Waals surface area contributed by atoms with Crippen molar-refractivity contribution in [1.82, 2.24) is 10.1 Å². The van der Waals surface area contributed by atoms with Gasteiger partial charge in [0.1, 0.15) is 18.1 Å². The van der Waals surface area contributed by atoms with Crippen molar-refractivity contribution in [3.8, 4) is 11.5 Å². The van der Waals surface area contributed by atoms with Crippen molar-refractivity contribution >= 4 is 12.0 Å². The van der Waals surface area contributed by atoms with Gasteiger partial charge in [-0.3, -0.25) is 4.79 Å². The third-order valence-electron chi connectivity index (χ3n) is 4.51. The summed E-state index contributed by atoms with van der Waals surface area (Å²) in [6.07, 6.45) is 4.84. The van der Waals surface area contributed by atoms with Gasteiger partial charge in [-0.05, 0) is 49.8 Å². The van der Waals surface area contributed by atoms with E-state index in [4.69, 9.17) is 18.4 Å². The van der Waals surface area contributed by atoms with E-state index in [-0.39, 0.29) is 5.91 Å². The smallest absolute Gasteiger partial charge is 0.246 e. The maximum Gasteiger partial charge on any atom is 0.246 e. The van der Waals surface area contributed by atoms with Crippen LogP contribution in [-0.4, -0.2) is 30.1 Å². The molecule has 3 rings (SSSR count). The Kier molecular flexibility index (Phi) is 6.39. The number of hydrogen-bond acceptors (Lipinski definition) is 6. The summed E-state index contributed by atoms with van der Waals surface area (Å²) >= 11 is 0. The molecular formula is C22H24N2O5. The van der Waals surface area contributed by atoms with E-state index in [0.29, 0.717) is 24.7 Å². The van der Waals surface area contributed by atoms with Gasteiger partial charge >= 0.3 is 0 Å². The SMILES string of the molecule is COc1cc(/C=C/C(=O)N(C)Cc2ccco2)ccc1OCc1c(C)noc1C. The molecule has 0 saturated carbocycles. The molecule has 0 unspecified atom stereocenters. The van der Waals surface area contributed by atoms with Crippen LogP contribution >= 0.6 is 0 Å². The number of likely N-dealkylation sites (N-methyl/N-ethyl adjacent to an activating group) is 1. The van der Waals surface area contributed by atoms with Crippen LogP contribution in [-0.2, 0) is 17.9 Å². The molecule has 0 radical (unpaired) electrons. The number of carbonyl (C=O) groups is 1. The average molecular weight is 396 g/mol. The van der Waals surface area contributed by atoms with Gasteiger partial charge in [0.2, 0.25) is 5.91 Å². The Morgan fingerprint density at radius 2 is 2.07 bits per heavy atom. The second kappa shape index (κ2) is 9.14. The lowest BCUT2D eigenvalue weighted by Gasteiger charge is -2.13. The van der Waals surface area contributed by atoms with E-state index in [1.165, 1.54) is 6.08 Å². The molecule has 0 saturated heterocycles. The predicted octanol–water partition coefficient (Wildman–Crippen LogP) is 4.14. The average Bonchev–Trinajstić information content (AvgIpc) is 3.34. The molecule has 0 aliphatic rings. The highest BCUT2D eigenvalue weighted by atomic mass is 16.5. The summed E-state index contributed by atoms with van der Waals surface area (Å²) < 4.78 is 21.7. The molecule has 3 aromatic rings. The van der Waals surface area contributed by atoms with Crippen LogP contribution in [0.5, 0.6) is 11.5 Å². The van der Waals surface area contributed by atoms with Crippen molar-refractivity contribution in [3.63, 3.8) is 0 Å². The first-order valence-electron chi connectivity index (χ1n) is 9.16. The highest BCUT2D eigenvalue weighted by molar-refractivity contribution is 5.91. The first kappa shape index (κ1) is 20.3. The van der Waals surface area contributed by atoms with Gasteiger partial charge in [0, 0.05) is 13.1 Å². The van der Waals surface area contributed by atoms with Crippen LogP contribution in [0.15, 0.2) is 51.6 Å². The van der Waals surface area contributed by atoms with Gasteiger partial charge in [0.15, 0.2) is 11.5 Å². The fourth-order valence-corrected chi connectivity index (χ4v) is 2.77. The summed E-state index contributed by atoms with van der Waals surface area (Å²) in [5.41, 5.74) is 2.55. The highest BCUT2D eigenvalue weighted by Crippen LogP contribution is 2.30. The fourth-order valence-electron chi connectivity index (χ4n) is 2.77. The Hall–Kier alpha value is -3.48. The van der Waals surface area contributed by atoms with E-state index in [0.717, 1.165) is 28.3 Å². The zero-order chi connectivity index (χ0) is 20.8. The Morgan fingerprint density at radius 1 is 1.24 bits per heavy atom. The number of benzene rings is 1. The monoisotopic (exact) mass is 396 g/mol. The second-order valence-electron chi connectivity index (χ2n) is 6.61. The molecule has 152 valence electrons. The minimum atomic E-state index is -0.126. The van der Waals surface area contributed by atoms with E-state index >= 15 is 0 Å². The number of furan rings is 1. The summed E-state index contributed by atoms with van der Waals surface area (Å²) in [4.78, 5) is 13.9. The number of aromatic nitrogens is 1. The highest BCUT2D eigenvalue weighted by Gasteiger charge is 2.12. The molecule has 2 aromatic heterocycles. The van der Waals surface area contributed by atoms with Crippen LogP contribution in [0.1, 0.15) is 28.3 Å². The number of aryl methyl sites for hydroxylation is 2. The number of carbonyl (C=O) groups excluding carboxylic acids is 1. The maximum absolute atomic E-state index is 12.3. The van der Waals surface area contributed by atoms with E-state index in [9.17, 15) is 4.79 Å². The quantitative estimate of drug-likeness (QED) is 0.533. The Balaban J connectivity index is 1.64. The van der Waals surface area contributed by atoms with Crippen molar-refractivity contribution in [2.75, 3.05) is 14.2 Å². The Bertz CT molecular complexity index is 969. The van der Waals surface area contributed by atoms with Gasteiger partial charge in [-0.2, -0.15) is 0 Å². The number of ether oxygens (including phenoxy) is 2. The number of amides is 1. The number of nitrogens with zero attached hydrogens (tertiary/aromatic N) is 2. The van der Waals surface area contributed by atoms with E-state index < -0.39 is 0 Å². The van der Waals surface area contributed by atoms with E-state index in [1.807, 2.05) is 38.1 Å². The van der Waals surface area contributed by atoms with E-state index in [2.05, 4.69) is 5.16 Å². The summed E-state index contributed by atoms with van der Waals surface area (Å²) in [6.45, 7) is 4.47. The number of hydrogen-bond donors (Lipinski definition) is 0. The molecule has 0 aliphatic carbocycles. The Morgan fingerprint density at radius 3 is 2.72 bits per heavy atom. The lowest BCUT2D eigenvalue weighted by atomic mass is 10.1. The summed E-state index contributed by atoms with van der Waals surface area (Å²) in [5.74, 6) is 2.52. The topological polar surface area (TPSA) is 77.9 Å². The largest absolute Gasteiger partial charge is 0.493 e. The molecule has 0 aliphatic heterocycles. The van der Waals surface area contributed by atoms with Gasteiger partial charge in [0.25, 0.3) is 0 Å². The molecular weight excluding hydrogens is 372 g/mol. The van der Waals surface area contributed by atoms with Crippen molar-refractivity contribution in [3.05, 3.63) is 71.0 Å². The summed E-state index contributed by atoms with van der Waals surface area (Å²) in [6, 6.07) is 9.12. The van der Waals surface area contributed by atoms with Gasteiger partial charge in [-0.25, -0.2) is 0 Å². The first-order valence-corrected chi connectivity index (χ1v) is 9.16. The summed E-state index contributed by atoms with van der Waals surface area (Å²) in [7, 11) is 3.30. The van der Waals surface area contributed by atoms with Crippen LogP contribution in [0, 0.1) is 13.8 Å². The van der Waals surface area contributed by atoms with Crippen LogP contribution in [0.3, 0.4) is 0 Å². The van der Waals surface area contributed by atoms with Crippen LogP contribution in [0.4, 0.5) is 0 Å². The van der Waals surface area contributed by atoms with Gasteiger partial charge in [0.05, 0.1) is 31.2 Å². The van der Waals surface area contributed by atoms with E-state index in [1.54, 1.807) is 37.5 Å². The molecule has 7 nitrogen and oxygen atoms in total. The van der Waals surface area contributed by atoms with Gasteiger partial charge < -0.3 is 23.3 Å². The van der Waals surface area contributed by atoms with Crippen LogP contribution in [0.25, 0.3) is 6.08 Å². The number of rotatable bonds is 8. The molecule has 0 atom stereocenters. The third-order valence-corrected chi connectivity index (χ3v) is 4.51. The minimum absolute atomic E-state index is 0.126. The second-order valence-corrected chi connectivity index (χ2v) is 6.61. The molecule has 29 heavy (non-hydrogen) atoms. The van der Waals surface area contributed by atoms with Crippen LogP contribution in [0.2, 0.25) is 0 Å². The summed E-state index contributed by atoms with van der Waals surface area (Å²) in [5, 5.41) is 3.93. The number of methoxy groups -OCH3 is 1. The molecule has 1 amide bonds. The third kappa shape index (κ3) is 5.07. The molecule has 0 N–H and O–H groups in total. The molecule has 0 spiro atoms. The van der Waals surface area contributed by atoms with Crippen molar-refractivity contribution in [1.29, 1.82) is 0 Å². The maximum atomic E-state index is 12.3. The molecule has 0 bridgehead atoms. The first-order chi connectivity index (χ1) is 14.0. The standard InChI is InChI=1S/C22H24N2O5/c1-15-19(16(2)29-23-15)14-28-20-9-7-17(12-21(20)26-4)8-10-22(25)24(3)13-18-6-5-11-27-18/h5-12H,13-14H2,1-4H3/b10-8+. The predicted molar refractivity (Wildman–Crippen MR) is 108 cm³/mol. The van der Waals surface area contributed by atoms with Crippen molar-refractivity contribution in [2.45, 2.75) is 27.0 Å². The van der Waals surface area contributed by atoms with Gasteiger partial charge in [-0.15, -0.1) is 0 Å². The van der Waals surface area contributed by atoms with Crippen LogP contribution < -0.4 is 9.47 Å². The lowest BCUT2D eigenvalue weighted by molar-refractivity contribution is -0.125. The fraction of sp³-hybridized carbons (Fsp3) is 0.273. The van der Waals surface area contributed by atoms with Crippen molar-refractivity contribution < 1.29 is 23.2 Å². The zero-order valence-corrected chi connectivity index (χ0v) is 17.0. The van der Waals surface area contributed by atoms with Gasteiger partial charge in [-0.1, -0.05) is 11.2 Å². The lowest BCUT2D eigenvalue weighted by Crippen LogP contribution is -2.23.